The first-order valence-electron chi connectivity index (χ1n) is 13.1. The number of rotatable bonds is 6. The minimum absolute atomic E-state index is 0.154. The van der Waals surface area contributed by atoms with Crippen LogP contribution in [-0.2, 0) is 6.42 Å². The van der Waals surface area contributed by atoms with Gasteiger partial charge in [-0.2, -0.15) is 13.2 Å². The van der Waals surface area contributed by atoms with Gasteiger partial charge in [-0.3, -0.25) is 0 Å². The number of fused-ring (bicyclic) bond motifs is 2. The molecule has 40 heavy (non-hydrogen) atoms. The second-order valence-corrected chi connectivity index (χ2v) is 13.5. The third-order valence-electron chi connectivity index (χ3n) is 7.00. The number of likely N-dealkylation sites (tertiary alicyclic amines) is 1. The zero-order valence-electron chi connectivity index (χ0n) is 22.6. The van der Waals surface area contributed by atoms with Crippen LogP contribution in [0.25, 0.3) is 10.1 Å². The summed E-state index contributed by atoms with van der Waals surface area (Å²) in [5.41, 5.74) is 1.54. The van der Waals surface area contributed by atoms with Crippen LogP contribution in [0.4, 0.5) is 28.9 Å². The van der Waals surface area contributed by atoms with E-state index in [4.69, 9.17) is 9.47 Å². The van der Waals surface area contributed by atoms with Crippen LogP contribution in [-0.4, -0.2) is 76.5 Å². The average Bonchev–Trinajstić information content (AvgIpc) is 3.24. The van der Waals surface area contributed by atoms with Crippen molar-refractivity contribution in [3.63, 3.8) is 0 Å². The van der Waals surface area contributed by atoms with Gasteiger partial charge in [0.2, 0.25) is 0 Å². The van der Waals surface area contributed by atoms with Crippen molar-refractivity contribution in [3.8, 4) is 23.3 Å². The Labute approximate surface area is 237 Å². The molecule has 0 unspecified atom stereocenters. The van der Waals surface area contributed by atoms with Gasteiger partial charge in [-0.05, 0) is 55.9 Å². The lowest BCUT2D eigenvalue weighted by molar-refractivity contribution is -0.126. The Morgan fingerprint density at radius 1 is 1.10 bits per heavy atom. The molecule has 11 heteroatoms. The van der Waals surface area contributed by atoms with Crippen molar-refractivity contribution >= 4 is 46.0 Å². The Bertz CT molecular complexity index is 1430. The van der Waals surface area contributed by atoms with Gasteiger partial charge in [-0.1, -0.05) is 31.9 Å². The van der Waals surface area contributed by atoms with Gasteiger partial charge in [0, 0.05) is 18.4 Å². The van der Waals surface area contributed by atoms with Crippen molar-refractivity contribution in [1.29, 1.82) is 0 Å². The molecule has 2 aliphatic heterocycles. The number of ether oxygens (including phenoxy) is 2. The second kappa shape index (κ2) is 12.0. The molecule has 5 nitrogen and oxygen atoms in total. The van der Waals surface area contributed by atoms with E-state index in [9.17, 15) is 17.6 Å². The summed E-state index contributed by atoms with van der Waals surface area (Å²) in [5, 5.41) is 8.12. The molecule has 2 N–H and O–H groups in total. The lowest BCUT2D eigenvalue weighted by Crippen LogP contribution is -2.46. The van der Waals surface area contributed by atoms with E-state index in [2.05, 4.69) is 35.8 Å². The Morgan fingerprint density at radius 3 is 2.60 bits per heavy atom. The fourth-order valence-corrected chi connectivity index (χ4v) is 7.17. The Kier molecular flexibility index (Phi) is 8.65. The molecule has 214 valence electrons. The van der Waals surface area contributed by atoms with Crippen LogP contribution in [0.1, 0.15) is 16.9 Å². The van der Waals surface area contributed by atoms with Crippen molar-refractivity contribution in [2.75, 3.05) is 63.9 Å². The lowest BCUT2D eigenvalue weighted by Gasteiger charge is -2.33. The number of anilines is 2. The summed E-state index contributed by atoms with van der Waals surface area (Å²) in [6.45, 7) is 6.52. The van der Waals surface area contributed by atoms with Crippen LogP contribution in [0.5, 0.6) is 11.5 Å². The first kappa shape index (κ1) is 28.8. The van der Waals surface area contributed by atoms with E-state index in [-0.39, 0.29) is 20.0 Å². The molecule has 0 amide bonds. The summed E-state index contributed by atoms with van der Waals surface area (Å²) in [5.74, 6) is 7.38. The molecule has 5 rings (SSSR count). The second-order valence-electron chi connectivity index (χ2n) is 10.2. The Morgan fingerprint density at radius 2 is 1.88 bits per heavy atom. The number of hydrogen-bond acceptors (Lipinski definition) is 6. The van der Waals surface area contributed by atoms with Gasteiger partial charge < -0.3 is 25.0 Å². The largest absolute Gasteiger partial charge is 0.485 e. The van der Waals surface area contributed by atoms with E-state index in [0.717, 1.165) is 23.3 Å². The van der Waals surface area contributed by atoms with Crippen LogP contribution < -0.4 is 25.4 Å². The van der Waals surface area contributed by atoms with E-state index in [1.807, 2.05) is 24.1 Å². The summed E-state index contributed by atoms with van der Waals surface area (Å²) in [6.07, 6.45) is -5.92. The summed E-state index contributed by atoms with van der Waals surface area (Å²) in [6, 6.07) is 8.75. The number of benzene rings is 2. The Hall–Kier alpha value is -2.73. The first-order valence-corrected chi connectivity index (χ1v) is 16.2. The summed E-state index contributed by atoms with van der Waals surface area (Å²) in [4.78, 5) is 2.30. The SMILES string of the molecule is CN1CC[C@@H](Nc2cccc3c(CC(F)(F)F)c(C#CCNc4ccc(P(C)C)c5c4OCCO5)sc23)[C@@H](F)C1. The molecule has 0 radical (unpaired) electrons. The molecule has 2 aromatic carbocycles. The molecule has 1 fully saturated rings. The van der Waals surface area contributed by atoms with Gasteiger partial charge in [0.25, 0.3) is 0 Å². The number of nitrogens with one attached hydrogen (secondary N) is 2. The highest BCUT2D eigenvalue weighted by molar-refractivity contribution is 7.64. The van der Waals surface area contributed by atoms with Crippen molar-refractivity contribution in [2.24, 2.45) is 0 Å². The molecule has 1 saturated heterocycles. The molecule has 1 aromatic heterocycles. The number of nitrogens with zero attached hydrogens (tertiary/aromatic N) is 1. The summed E-state index contributed by atoms with van der Waals surface area (Å²) in [7, 11) is 1.49. The number of alkyl halides is 4. The van der Waals surface area contributed by atoms with Crippen LogP contribution in [0.15, 0.2) is 30.3 Å². The van der Waals surface area contributed by atoms with Crippen molar-refractivity contribution in [3.05, 3.63) is 40.8 Å². The number of thiophene rings is 1. The van der Waals surface area contributed by atoms with E-state index in [1.165, 1.54) is 11.3 Å². The van der Waals surface area contributed by atoms with Crippen molar-refractivity contribution in [2.45, 2.75) is 31.2 Å². The predicted octanol–water partition coefficient (Wildman–Crippen LogP) is 6.06. The minimum atomic E-state index is -4.39. The van der Waals surface area contributed by atoms with Crippen molar-refractivity contribution < 1.29 is 27.0 Å². The van der Waals surface area contributed by atoms with Gasteiger partial charge in [-0.25, -0.2) is 4.39 Å². The summed E-state index contributed by atoms with van der Waals surface area (Å²) >= 11 is 1.22. The fraction of sp³-hybridized carbons (Fsp3) is 0.448. The Balaban J connectivity index is 1.41. The highest BCUT2D eigenvalue weighted by Crippen LogP contribution is 2.42. The lowest BCUT2D eigenvalue weighted by atomic mass is 10.0. The van der Waals surface area contributed by atoms with Crippen molar-refractivity contribution in [1.82, 2.24) is 4.90 Å². The molecule has 0 bridgehead atoms. The normalized spacial score (nSPS) is 19.4. The standard InChI is InChI=1S/C29H32F4N3O2PS/c1-36-13-11-21(20(30)17-36)35-23-7-4-6-18-19(16-29(31,32)33)25(40-28(18)23)8-5-12-34-22-9-10-24(39(2)3)27-26(22)37-14-15-38-27/h4,6-7,9-10,20-21,34-35H,11-17H2,1-3H3/t20-,21+/m0/s1. The van der Waals surface area contributed by atoms with E-state index >= 15 is 0 Å². The van der Waals surface area contributed by atoms with Gasteiger partial charge in [0.05, 0.1) is 40.0 Å². The van der Waals surface area contributed by atoms with E-state index < -0.39 is 24.8 Å². The van der Waals surface area contributed by atoms with Crippen LogP contribution >= 0.6 is 19.3 Å². The topological polar surface area (TPSA) is 45.8 Å². The van der Waals surface area contributed by atoms with Crippen LogP contribution in [0.2, 0.25) is 0 Å². The fourth-order valence-electron chi connectivity index (χ4n) is 5.06. The van der Waals surface area contributed by atoms with Gasteiger partial charge >= 0.3 is 6.18 Å². The first-order chi connectivity index (χ1) is 19.1. The number of hydrogen-bond donors (Lipinski definition) is 2. The van der Waals surface area contributed by atoms with Gasteiger partial charge in [-0.15, -0.1) is 11.3 Å². The monoisotopic (exact) mass is 593 g/mol. The van der Waals surface area contributed by atoms with Crippen LogP contribution in [0.3, 0.4) is 0 Å². The molecule has 0 aliphatic carbocycles. The third kappa shape index (κ3) is 6.43. The molecule has 2 aliphatic rings. The molecular weight excluding hydrogens is 561 g/mol. The highest BCUT2D eigenvalue weighted by Gasteiger charge is 2.32. The molecule has 3 heterocycles. The smallest absolute Gasteiger partial charge is 0.393 e. The molecule has 0 saturated carbocycles. The predicted molar refractivity (Wildman–Crippen MR) is 157 cm³/mol. The van der Waals surface area contributed by atoms with Gasteiger partial charge in [0.15, 0.2) is 11.5 Å². The number of halogens is 4. The van der Waals surface area contributed by atoms with E-state index in [0.29, 0.717) is 52.6 Å². The van der Waals surface area contributed by atoms with Gasteiger partial charge in [0.1, 0.15) is 19.4 Å². The van der Waals surface area contributed by atoms with Crippen LogP contribution in [0, 0.1) is 11.8 Å². The molecule has 0 spiro atoms. The summed E-state index contributed by atoms with van der Waals surface area (Å²) < 4.78 is 67.9. The van der Waals surface area contributed by atoms with E-state index in [1.54, 1.807) is 18.2 Å². The zero-order valence-corrected chi connectivity index (χ0v) is 24.3. The highest BCUT2D eigenvalue weighted by atomic mass is 32.1. The number of piperidine rings is 1. The average molecular weight is 594 g/mol. The maximum absolute atomic E-state index is 14.7. The minimum Gasteiger partial charge on any atom is -0.485 e. The maximum atomic E-state index is 14.7. The molecule has 2 atom stereocenters. The maximum Gasteiger partial charge on any atom is 0.393 e. The third-order valence-corrected chi connectivity index (χ3v) is 9.51. The quantitative estimate of drug-likeness (QED) is 0.207. The molecular formula is C29H32F4N3O2PS. The molecule has 3 aromatic rings. The zero-order chi connectivity index (χ0) is 28.4.